The van der Waals surface area contributed by atoms with Crippen LogP contribution in [0.3, 0.4) is 0 Å². The van der Waals surface area contributed by atoms with Crippen molar-refractivity contribution in [2.45, 2.75) is 45.2 Å². The van der Waals surface area contributed by atoms with Crippen LogP contribution < -0.4 is 10.6 Å². The van der Waals surface area contributed by atoms with Gasteiger partial charge in [-0.25, -0.2) is 0 Å². The van der Waals surface area contributed by atoms with Crippen molar-refractivity contribution in [3.8, 4) is 6.07 Å². The van der Waals surface area contributed by atoms with Gasteiger partial charge in [0.1, 0.15) is 16.6 Å². The SMILES string of the molecule is CC1(C)Cc2c(sc(NC(=O)c3ccco3)c2C#N)C(C)(C)[NH2+]1. The quantitative estimate of drug-likeness (QED) is 0.888. The summed E-state index contributed by atoms with van der Waals surface area (Å²) in [5.74, 6) is -0.0856. The van der Waals surface area contributed by atoms with E-state index in [4.69, 9.17) is 4.42 Å². The van der Waals surface area contributed by atoms with Crippen LogP contribution in [0.2, 0.25) is 0 Å². The minimum absolute atomic E-state index is 0.0193. The predicted octanol–water partition coefficient (Wildman–Crippen LogP) is 2.60. The molecule has 2 aromatic rings. The highest BCUT2D eigenvalue weighted by Crippen LogP contribution is 2.41. The van der Waals surface area contributed by atoms with E-state index >= 15 is 0 Å². The van der Waals surface area contributed by atoms with Gasteiger partial charge < -0.3 is 15.1 Å². The zero-order valence-electron chi connectivity index (χ0n) is 13.7. The normalized spacial score (nSPS) is 18.0. The Morgan fingerprint density at radius 2 is 2.17 bits per heavy atom. The molecule has 1 amide bonds. The maximum absolute atomic E-state index is 12.2. The molecule has 0 saturated carbocycles. The maximum atomic E-state index is 12.2. The van der Waals surface area contributed by atoms with Gasteiger partial charge in [0.2, 0.25) is 0 Å². The summed E-state index contributed by atoms with van der Waals surface area (Å²) in [7, 11) is 0. The molecule has 0 fully saturated rings. The number of thiophene rings is 1. The number of nitriles is 1. The van der Waals surface area contributed by atoms with Crippen molar-refractivity contribution >= 4 is 22.2 Å². The lowest BCUT2D eigenvalue weighted by molar-refractivity contribution is -0.789. The van der Waals surface area contributed by atoms with E-state index in [1.165, 1.54) is 17.6 Å². The van der Waals surface area contributed by atoms with Crippen molar-refractivity contribution in [2.24, 2.45) is 0 Å². The first-order valence-corrected chi connectivity index (χ1v) is 8.33. The molecule has 0 radical (unpaired) electrons. The number of fused-ring (bicyclic) bond motifs is 1. The van der Waals surface area contributed by atoms with Crippen molar-refractivity contribution in [3.05, 3.63) is 40.2 Å². The Kier molecular flexibility index (Phi) is 3.58. The summed E-state index contributed by atoms with van der Waals surface area (Å²) in [6, 6.07) is 5.55. The number of carbonyl (C=O) groups excluding carboxylic acids is 1. The summed E-state index contributed by atoms with van der Waals surface area (Å²) >= 11 is 1.49. The van der Waals surface area contributed by atoms with Crippen molar-refractivity contribution in [2.75, 3.05) is 5.32 Å². The largest absolute Gasteiger partial charge is 0.459 e. The Morgan fingerprint density at radius 1 is 1.43 bits per heavy atom. The van der Waals surface area contributed by atoms with Crippen LogP contribution in [0.1, 0.15) is 54.3 Å². The fourth-order valence-corrected chi connectivity index (χ4v) is 4.72. The van der Waals surface area contributed by atoms with Crippen LogP contribution in [0, 0.1) is 11.3 Å². The van der Waals surface area contributed by atoms with Crippen LogP contribution in [-0.4, -0.2) is 11.4 Å². The van der Waals surface area contributed by atoms with Gasteiger partial charge in [-0.1, -0.05) is 0 Å². The number of quaternary nitrogens is 1. The number of anilines is 1. The molecule has 23 heavy (non-hydrogen) atoms. The van der Waals surface area contributed by atoms with E-state index in [1.54, 1.807) is 12.1 Å². The Labute approximate surface area is 139 Å². The zero-order valence-corrected chi connectivity index (χ0v) is 14.5. The molecule has 0 spiro atoms. The van der Waals surface area contributed by atoms with Gasteiger partial charge in [-0.3, -0.25) is 4.79 Å². The van der Waals surface area contributed by atoms with Gasteiger partial charge in [0.05, 0.1) is 22.2 Å². The lowest BCUT2D eigenvalue weighted by Crippen LogP contribution is -3.03. The van der Waals surface area contributed by atoms with Crippen molar-refractivity contribution in [1.82, 2.24) is 0 Å². The summed E-state index contributed by atoms with van der Waals surface area (Å²) in [4.78, 5) is 13.4. The third-order valence-corrected chi connectivity index (χ3v) is 5.55. The van der Waals surface area contributed by atoms with E-state index in [0.29, 0.717) is 10.6 Å². The smallest absolute Gasteiger partial charge is 0.291 e. The Morgan fingerprint density at radius 3 is 2.78 bits per heavy atom. The Hall–Kier alpha value is -2.10. The number of rotatable bonds is 2. The second-order valence-corrected chi connectivity index (χ2v) is 8.21. The standard InChI is InChI=1S/C17H19N3O2S/c1-16(2)8-10-11(9-18)15(23-13(10)17(3,4)20-16)19-14(21)12-6-5-7-22-12/h5-7,20H,8H2,1-4H3,(H,19,21)/p+1. The van der Waals surface area contributed by atoms with Gasteiger partial charge in [-0.15, -0.1) is 11.3 Å². The molecule has 0 aliphatic carbocycles. The van der Waals surface area contributed by atoms with Crippen LogP contribution in [0.4, 0.5) is 5.00 Å². The molecule has 120 valence electrons. The molecule has 2 aromatic heterocycles. The molecule has 5 nitrogen and oxygen atoms in total. The summed E-state index contributed by atoms with van der Waals surface area (Å²) in [5, 5.41) is 15.4. The van der Waals surface area contributed by atoms with Gasteiger partial charge in [0.25, 0.3) is 5.91 Å². The molecule has 0 atom stereocenters. The Bertz CT molecular complexity index is 795. The molecule has 1 aliphatic rings. The zero-order chi connectivity index (χ0) is 16.8. The van der Waals surface area contributed by atoms with E-state index < -0.39 is 0 Å². The lowest BCUT2D eigenvalue weighted by Gasteiger charge is -2.38. The van der Waals surface area contributed by atoms with E-state index in [2.05, 4.69) is 44.4 Å². The van der Waals surface area contributed by atoms with Crippen molar-refractivity contribution in [1.29, 1.82) is 5.26 Å². The molecule has 0 aromatic carbocycles. The molecule has 3 rings (SSSR count). The van der Waals surface area contributed by atoms with Gasteiger partial charge >= 0.3 is 0 Å². The fourth-order valence-electron chi connectivity index (χ4n) is 3.48. The molecule has 6 heteroatoms. The van der Waals surface area contributed by atoms with Crippen LogP contribution in [0.25, 0.3) is 0 Å². The number of nitrogens with one attached hydrogen (secondary N) is 1. The molecule has 1 aliphatic heterocycles. The summed E-state index contributed by atoms with van der Waals surface area (Å²) in [5.41, 5.74) is 1.54. The first kappa shape index (κ1) is 15.8. The number of hydrogen-bond acceptors (Lipinski definition) is 4. The fraction of sp³-hybridized carbons (Fsp3) is 0.412. The molecule has 0 unspecified atom stereocenters. The van der Waals surface area contributed by atoms with Crippen LogP contribution >= 0.6 is 11.3 Å². The molecular formula is C17H20N3O2S+. The number of nitrogens with zero attached hydrogens (tertiary/aromatic N) is 1. The van der Waals surface area contributed by atoms with Gasteiger partial charge in [0, 0.05) is 6.42 Å². The maximum Gasteiger partial charge on any atom is 0.291 e. The highest BCUT2D eigenvalue weighted by atomic mass is 32.1. The van der Waals surface area contributed by atoms with Gasteiger partial charge in [0.15, 0.2) is 5.76 Å². The van der Waals surface area contributed by atoms with Crippen molar-refractivity contribution in [3.63, 3.8) is 0 Å². The number of hydrogen-bond donors (Lipinski definition) is 2. The van der Waals surface area contributed by atoms with Gasteiger partial charge in [-0.2, -0.15) is 5.26 Å². The summed E-state index contributed by atoms with van der Waals surface area (Å²) in [6.45, 7) is 8.67. The van der Waals surface area contributed by atoms with E-state index in [1.807, 2.05) is 0 Å². The number of amides is 1. The Balaban J connectivity index is 2.03. The third-order valence-electron chi connectivity index (χ3n) is 4.06. The molecule has 3 N–H and O–H groups in total. The van der Waals surface area contributed by atoms with E-state index in [9.17, 15) is 10.1 Å². The highest BCUT2D eigenvalue weighted by molar-refractivity contribution is 7.16. The number of carbonyl (C=O) groups is 1. The minimum Gasteiger partial charge on any atom is -0.459 e. The molecule has 3 heterocycles. The third kappa shape index (κ3) is 2.78. The summed E-state index contributed by atoms with van der Waals surface area (Å²) < 4.78 is 5.12. The van der Waals surface area contributed by atoms with Crippen LogP contribution in [0.5, 0.6) is 0 Å². The monoisotopic (exact) mass is 330 g/mol. The second kappa shape index (κ2) is 5.22. The van der Waals surface area contributed by atoms with Crippen LogP contribution in [-0.2, 0) is 12.0 Å². The molecular weight excluding hydrogens is 310 g/mol. The van der Waals surface area contributed by atoms with Crippen molar-refractivity contribution < 1.29 is 14.5 Å². The summed E-state index contributed by atoms with van der Waals surface area (Å²) in [6.07, 6.45) is 2.27. The first-order valence-electron chi connectivity index (χ1n) is 7.52. The lowest BCUT2D eigenvalue weighted by atomic mass is 9.81. The first-order chi connectivity index (χ1) is 10.7. The van der Waals surface area contributed by atoms with E-state index in [-0.39, 0.29) is 22.7 Å². The molecule has 0 saturated heterocycles. The van der Waals surface area contributed by atoms with E-state index in [0.717, 1.165) is 16.9 Å². The average Bonchev–Trinajstić information content (AvgIpc) is 3.04. The van der Waals surface area contributed by atoms with Crippen LogP contribution in [0.15, 0.2) is 22.8 Å². The number of nitrogens with two attached hydrogens (primary N) is 1. The average molecular weight is 330 g/mol. The predicted molar refractivity (Wildman–Crippen MR) is 88.4 cm³/mol. The highest BCUT2D eigenvalue weighted by Gasteiger charge is 2.44. The topological polar surface area (TPSA) is 82.6 Å². The molecule has 0 bridgehead atoms. The minimum atomic E-state index is -0.328. The number of furan rings is 1. The van der Waals surface area contributed by atoms with Gasteiger partial charge in [-0.05, 0) is 45.4 Å². The second-order valence-electron chi connectivity index (χ2n) is 7.19.